The molecular weight excluding hydrogens is 1480 g/mol. The Bertz CT molecular complexity index is 4430. The molecule has 0 N–H and O–H groups in total. The largest absolute Gasteiger partial charge is 0.341 e. The summed E-state index contributed by atoms with van der Waals surface area (Å²) in [5, 5.41) is 69.5. The van der Waals surface area contributed by atoms with Crippen LogP contribution in [-0.2, 0) is 72.7 Å². The minimum atomic E-state index is -0.762. The minimum Gasteiger partial charge on any atom is -0.341 e. The van der Waals surface area contributed by atoms with Gasteiger partial charge in [-0.15, -0.1) is 0 Å². The van der Waals surface area contributed by atoms with Crippen LogP contribution in [0.1, 0.15) is 290 Å². The van der Waals surface area contributed by atoms with Crippen molar-refractivity contribution >= 4 is 29.5 Å². The Morgan fingerprint density at radius 1 is 0.305 bits per heavy atom. The van der Waals surface area contributed by atoms with Crippen LogP contribution in [0.5, 0.6) is 0 Å². The maximum Gasteiger partial charge on any atom is 0.243 e. The molecule has 5 aliphatic carbocycles. The quantitative estimate of drug-likeness (QED) is 0.0699. The van der Waals surface area contributed by atoms with Gasteiger partial charge in [0, 0.05) is 96.4 Å². The number of hydrogen-bond donors (Lipinski definition) is 0. The van der Waals surface area contributed by atoms with E-state index in [2.05, 4.69) is 200 Å². The zero-order valence-electron chi connectivity index (χ0n) is 73.6. The van der Waals surface area contributed by atoms with Gasteiger partial charge in [-0.25, -0.2) is 0 Å². The second kappa shape index (κ2) is 38.1. The summed E-state index contributed by atoms with van der Waals surface area (Å²) < 4.78 is 10.4. The molecule has 638 valence electrons. The number of rotatable bonds is 20. The van der Waals surface area contributed by atoms with Crippen LogP contribution < -0.4 is 0 Å². The van der Waals surface area contributed by atoms with Gasteiger partial charge in [0.05, 0.1) is 90.0 Å². The third kappa shape index (κ3) is 21.0. The zero-order valence-corrected chi connectivity index (χ0v) is 73.6. The van der Waals surface area contributed by atoms with E-state index >= 15 is 0 Å². The fraction of sp³-hybridized carbons (Fsp3) is 0.731. The molecule has 10 aliphatic rings. The Labute approximate surface area is 703 Å². The number of aromatic nitrogens is 10. The summed E-state index contributed by atoms with van der Waals surface area (Å²) in [4.78, 5) is 72.7. The Morgan fingerprint density at radius 3 is 0.729 bits per heavy atom. The fourth-order valence-electron chi connectivity index (χ4n) is 18.8. The van der Waals surface area contributed by atoms with Crippen molar-refractivity contribution < 1.29 is 24.0 Å². The predicted molar refractivity (Wildman–Crippen MR) is 451 cm³/mol. The molecule has 0 aromatic carbocycles. The van der Waals surface area contributed by atoms with E-state index in [9.17, 15) is 45.0 Å². The molecule has 118 heavy (non-hydrogen) atoms. The molecule has 5 saturated carbocycles. The number of nitriles is 5. The van der Waals surface area contributed by atoms with Gasteiger partial charge in [0.25, 0.3) is 0 Å². The summed E-state index contributed by atoms with van der Waals surface area (Å²) in [7, 11) is 0. The second-order valence-electron chi connectivity index (χ2n) is 39.7. The number of hydrogen-bond acceptors (Lipinski definition) is 15. The minimum absolute atomic E-state index is 0.0324. The van der Waals surface area contributed by atoms with Crippen LogP contribution in [0, 0.1) is 113 Å². The van der Waals surface area contributed by atoms with E-state index in [0.29, 0.717) is 41.7 Å². The highest BCUT2D eigenvalue weighted by Gasteiger charge is 2.55. The molecule has 0 bridgehead atoms. The molecule has 25 nitrogen and oxygen atoms in total. The molecule has 5 saturated heterocycles. The number of carbonyl (C=O) groups excluding carboxylic acids is 5. The number of carbonyl (C=O) groups is 5. The SMILES string of the molecule is CC(C)Cc1cnn(C2(C)CCN(C(=O)C3(C#N)CC3)CC2)c1.CC(C)Cc1cnn(C2(C)CCN(C(=O)C3(C#N)CCC3)CC2)c1.CC(C)Cc1cnn(C2(C)CCN(C(=O)C3(C#N)CCCCC3)CC2)c1.CC(C)Cc1cnn(C2CCN(C(=O)C3(C#N)CC3)CC2)c1.CC(C)Cc1cnn(C2CCN(C(=O)C3(C#N)CCC3)CC2)c1. The molecule has 25 heteroatoms. The van der Waals surface area contributed by atoms with Gasteiger partial charge in [-0.3, -0.25) is 47.4 Å². The van der Waals surface area contributed by atoms with Crippen LogP contribution in [0.15, 0.2) is 62.0 Å². The topological polar surface area (TPSA) is 310 Å². The molecule has 10 heterocycles. The average molecular weight is 1610 g/mol. The van der Waals surface area contributed by atoms with Gasteiger partial charge < -0.3 is 24.5 Å². The highest BCUT2D eigenvalue weighted by molar-refractivity contribution is 5.90. The summed E-state index contributed by atoms with van der Waals surface area (Å²) in [6.07, 6.45) is 47.4. The van der Waals surface area contributed by atoms with Crippen molar-refractivity contribution in [2.45, 2.75) is 311 Å². The summed E-state index contributed by atoms with van der Waals surface area (Å²) in [6.45, 7) is 36.1. The van der Waals surface area contributed by atoms with Crippen molar-refractivity contribution in [3.05, 3.63) is 89.8 Å². The summed E-state index contributed by atoms with van der Waals surface area (Å²) in [5.41, 5.74) is 2.75. The molecule has 5 aromatic rings. The summed E-state index contributed by atoms with van der Waals surface area (Å²) >= 11 is 0. The maximum absolute atomic E-state index is 13.1. The number of piperidine rings is 5. The second-order valence-corrected chi connectivity index (χ2v) is 39.7. The van der Waals surface area contributed by atoms with Gasteiger partial charge in [0.1, 0.15) is 27.1 Å². The lowest BCUT2D eigenvalue weighted by Crippen LogP contribution is -2.53. The highest BCUT2D eigenvalue weighted by Crippen LogP contribution is 2.50. The first-order valence-electron chi connectivity index (χ1n) is 44.9. The van der Waals surface area contributed by atoms with Crippen molar-refractivity contribution in [1.82, 2.24) is 73.4 Å². The molecule has 0 spiro atoms. The van der Waals surface area contributed by atoms with Crippen molar-refractivity contribution in [1.29, 1.82) is 26.3 Å². The Balaban J connectivity index is 0.000000145. The van der Waals surface area contributed by atoms with Gasteiger partial charge >= 0.3 is 0 Å². The van der Waals surface area contributed by atoms with Crippen LogP contribution in [0.3, 0.4) is 0 Å². The van der Waals surface area contributed by atoms with Crippen molar-refractivity contribution in [2.75, 3.05) is 65.4 Å². The molecule has 0 unspecified atom stereocenters. The van der Waals surface area contributed by atoms with Crippen molar-refractivity contribution in [3.63, 3.8) is 0 Å². The fourth-order valence-corrected chi connectivity index (χ4v) is 18.8. The predicted octanol–water partition coefficient (Wildman–Crippen LogP) is 15.2. The first-order valence-corrected chi connectivity index (χ1v) is 44.9. The first-order chi connectivity index (χ1) is 56.2. The molecule has 15 rings (SSSR count). The number of amides is 5. The van der Waals surface area contributed by atoms with E-state index in [1.54, 1.807) is 0 Å². The van der Waals surface area contributed by atoms with Crippen LogP contribution in [-0.4, -0.2) is 168 Å². The standard InChI is InChI=1S/C21H32N4O.C19H28N4O.2C18H26N4O.C17H24N4O/c1-17(2)13-18-14-23-25(15-18)20(3)9-11-24(12-10-20)19(26)21(16-22)7-5-4-6-8-21;1-15(2)11-16-12-21-23(13-16)18(3)7-9-22(10-8-18)17(24)19(14-20)5-4-6-19;1-14(2)10-15-11-20-22(12-15)16-4-8-21(9-5-16)17(23)18(13-19)6-3-7-18;1-14(2)10-15-11-20-22(12-15)17(3)6-8-21(9-7-17)16(23)18(13-19)4-5-18;1-13(2)9-14-10-19-21(11-14)15-3-7-20(8-4-15)16(22)17(12-18)5-6-17/h14-15,17H,4-13H2,1-3H3;12-13,15H,4-11H2,1-3H3;11-12,14,16H,3-10H2,1-2H3;11-12,14H,4-10H2,1-3H3;10-11,13,15H,3-9H2,1-2H3. The lowest BCUT2D eigenvalue weighted by molar-refractivity contribution is -0.145. The number of nitrogens with zero attached hydrogens (tertiary/aromatic N) is 20. The average Bonchev–Trinajstić information content (AvgIpc) is 1.26. The smallest absolute Gasteiger partial charge is 0.243 e. The number of likely N-dealkylation sites (tertiary alicyclic amines) is 5. The lowest BCUT2D eigenvalue weighted by Gasteiger charge is -2.44. The van der Waals surface area contributed by atoms with E-state index in [1.165, 1.54) is 27.8 Å². The third-order valence-electron chi connectivity index (χ3n) is 27.5. The van der Waals surface area contributed by atoms with Gasteiger partial charge in [-0.1, -0.05) is 88.5 Å². The van der Waals surface area contributed by atoms with E-state index < -0.39 is 27.1 Å². The molecule has 0 radical (unpaired) electrons. The first kappa shape index (κ1) is 89.6. The van der Waals surface area contributed by atoms with Crippen LogP contribution in [0.25, 0.3) is 0 Å². The molecule has 0 atom stereocenters. The van der Waals surface area contributed by atoms with Crippen molar-refractivity contribution in [3.8, 4) is 30.3 Å². The summed E-state index contributed by atoms with van der Waals surface area (Å²) in [6, 6.07) is 12.1. The van der Waals surface area contributed by atoms with Gasteiger partial charge in [-0.2, -0.15) is 51.8 Å². The van der Waals surface area contributed by atoms with E-state index in [0.717, 1.165) is 258 Å². The Hall–Kier alpha value is -9.15. The summed E-state index contributed by atoms with van der Waals surface area (Å²) in [5.74, 6) is 3.43. The van der Waals surface area contributed by atoms with E-state index in [1.807, 2.05) is 55.5 Å². The molecule has 5 aromatic heterocycles. The lowest BCUT2D eigenvalue weighted by atomic mass is 9.68. The third-order valence-corrected chi connectivity index (χ3v) is 27.5. The zero-order chi connectivity index (χ0) is 85.0. The van der Waals surface area contributed by atoms with Crippen LogP contribution in [0.4, 0.5) is 0 Å². The normalized spacial score (nSPS) is 21.7. The molecule has 5 amide bonds. The maximum atomic E-state index is 13.1. The van der Waals surface area contributed by atoms with Crippen LogP contribution >= 0.6 is 0 Å². The van der Waals surface area contributed by atoms with E-state index in [4.69, 9.17) is 5.26 Å². The monoisotopic (exact) mass is 1610 g/mol. The van der Waals surface area contributed by atoms with E-state index in [-0.39, 0.29) is 46.2 Å². The highest BCUT2D eigenvalue weighted by atomic mass is 16.2. The van der Waals surface area contributed by atoms with Crippen molar-refractivity contribution in [2.24, 2.45) is 56.7 Å². The molecule has 5 aliphatic heterocycles. The Kier molecular flexibility index (Phi) is 28.9. The van der Waals surface area contributed by atoms with Crippen LogP contribution in [0.2, 0.25) is 0 Å². The van der Waals surface area contributed by atoms with Gasteiger partial charge in [0.2, 0.25) is 29.5 Å². The van der Waals surface area contributed by atoms with Gasteiger partial charge in [0.15, 0.2) is 0 Å². The van der Waals surface area contributed by atoms with Gasteiger partial charge in [-0.05, 0) is 252 Å². The Morgan fingerprint density at radius 2 is 0.517 bits per heavy atom. The molecule has 10 fully saturated rings. The molecular formula is C93H136N20O5.